The molecule has 0 unspecified atom stereocenters. The molecule has 0 amide bonds. The molecule has 0 radical (unpaired) electrons. The number of nitrogens with zero attached hydrogens (tertiary/aromatic N) is 2. The van der Waals surface area contributed by atoms with Crippen molar-refractivity contribution in [3.05, 3.63) is 64.1 Å². The van der Waals surface area contributed by atoms with Crippen molar-refractivity contribution >= 4 is 33.5 Å². The number of hydrogen-bond acceptors (Lipinski definition) is 4. The molecule has 4 nitrogen and oxygen atoms in total. The molecule has 0 aliphatic carbocycles. The number of aromatic nitrogens is 3. The van der Waals surface area contributed by atoms with E-state index in [1.165, 1.54) is 17.3 Å². The summed E-state index contributed by atoms with van der Waals surface area (Å²) >= 11 is 4.84. The predicted octanol–water partition coefficient (Wildman–Crippen LogP) is 5.16. The summed E-state index contributed by atoms with van der Waals surface area (Å²) in [6.45, 7) is 2.15. The molecule has 0 atom stereocenters. The summed E-state index contributed by atoms with van der Waals surface area (Å²) < 4.78 is 0.950. The highest BCUT2D eigenvalue weighted by molar-refractivity contribution is 9.10. The molecule has 6 heteroatoms. The largest absolute Gasteiger partial charge is 0.293 e. The monoisotopic (exact) mass is 415 g/mol. The van der Waals surface area contributed by atoms with Crippen molar-refractivity contribution in [2.45, 2.75) is 24.9 Å². The molecule has 1 aromatic heterocycles. The van der Waals surface area contributed by atoms with Gasteiger partial charge < -0.3 is 0 Å². The average molecular weight is 416 g/mol. The minimum absolute atomic E-state index is 0.0836. The van der Waals surface area contributed by atoms with Crippen LogP contribution < -0.4 is 0 Å². The number of carbonyl (C=O) groups is 1. The van der Waals surface area contributed by atoms with E-state index in [2.05, 4.69) is 38.0 Å². The smallest absolute Gasteiger partial charge is 0.209 e. The molecule has 3 rings (SSSR count). The fourth-order valence-corrected chi connectivity index (χ4v) is 3.61. The number of ketones is 1. The summed E-state index contributed by atoms with van der Waals surface area (Å²) in [5.74, 6) is 1.09. The molecule has 1 heterocycles. The summed E-state index contributed by atoms with van der Waals surface area (Å²) in [4.78, 5) is 16.8. The molecule has 0 aliphatic rings. The van der Waals surface area contributed by atoms with Gasteiger partial charge in [-0.05, 0) is 18.1 Å². The van der Waals surface area contributed by atoms with Gasteiger partial charge in [-0.15, -0.1) is 5.10 Å². The highest BCUT2D eigenvalue weighted by atomic mass is 79.9. The zero-order chi connectivity index (χ0) is 17.6. The Morgan fingerprint density at radius 2 is 1.92 bits per heavy atom. The van der Waals surface area contributed by atoms with Gasteiger partial charge in [0, 0.05) is 15.6 Å². The van der Waals surface area contributed by atoms with Crippen LogP contribution in [-0.2, 0) is 6.42 Å². The molecule has 0 saturated carbocycles. The van der Waals surface area contributed by atoms with E-state index >= 15 is 0 Å². The molecular formula is C19H18BrN3OS. The van der Waals surface area contributed by atoms with E-state index < -0.39 is 0 Å². The standard InChI is InChI=1S/C19H18BrN3OS/c1-2-5-13-8-10-14(11-9-13)17(24)12-25-19-21-18(22-23-19)15-6-3-4-7-16(15)20/h3-4,6-11H,2,5,12H2,1H3,(H,21,22,23). The number of thioether (sulfide) groups is 1. The van der Waals surface area contributed by atoms with E-state index in [9.17, 15) is 4.79 Å². The molecule has 0 aliphatic heterocycles. The van der Waals surface area contributed by atoms with E-state index in [0.717, 1.165) is 28.4 Å². The summed E-state index contributed by atoms with van der Waals surface area (Å²) in [5, 5.41) is 7.69. The summed E-state index contributed by atoms with van der Waals surface area (Å²) in [5.41, 5.74) is 2.94. The lowest BCUT2D eigenvalue weighted by Gasteiger charge is -2.02. The van der Waals surface area contributed by atoms with Crippen LogP contribution >= 0.6 is 27.7 Å². The molecule has 128 valence electrons. The highest BCUT2D eigenvalue weighted by Gasteiger charge is 2.12. The SMILES string of the molecule is CCCc1ccc(C(=O)CSc2n[nH]c(-c3ccccc3Br)n2)cc1. The number of hydrogen-bond donors (Lipinski definition) is 1. The minimum atomic E-state index is 0.0836. The first kappa shape index (κ1) is 17.9. The molecule has 3 aromatic rings. The molecule has 1 N–H and O–H groups in total. The molecule has 0 bridgehead atoms. The van der Waals surface area contributed by atoms with Crippen LogP contribution in [0, 0.1) is 0 Å². The van der Waals surface area contributed by atoms with Gasteiger partial charge in [0.25, 0.3) is 0 Å². The number of aryl methyl sites for hydroxylation is 1. The molecule has 0 saturated heterocycles. The number of rotatable bonds is 7. The van der Waals surface area contributed by atoms with Crippen molar-refractivity contribution in [3.63, 3.8) is 0 Å². The Balaban J connectivity index is 1.62. The number of carbonyl (C=O) groups excluding carboxylic acids is 1. The van der Waals surface area contributed by atoms with Gasteiger partial charge in [-0.3, -0.25) is 9.89 Å². The molecule has 0 spiro atoms. The first-order valence-electron chi connectivity index (χ1n) is 8.09. The van der Waals surface area contributed by atoms with Crippen molar-refractivity contribution in [3.8, 4) is 11.4 Å². The van der Waals surface area contributed by atoms with Crippen molar-refractivity contribution < 1.29 is 4.79 Å². The maximum absolute atomic E-state index is 12.3. The summed E-state index contributed by atoms with van der Waals surface area (Å²) in [6, 6.07) is 15.7. The number of aromatic amines is 1. The lowest BCUT2D eigenvalue weighted by atomic mass is 10.1. The van der Waals surface area contributed by atoms with Crippen LogP contribution in [0.4, 0.5) is 0 Å². The van der Waals surface area contributed by atoms with Gasteiger partial charge in [0.15, 0.2) is 11.6 Å². The number of nitrogens with one attached hydrogen (secondary N) is 1. The van der Waals surface area contributed by atoms with Crippen LogP contribution in [-0.4, -0.2) is 26.7 Å². The van der Waals surface area contributed by atoms with Crippen LogP contribution in [0.25, 0.3) is 11.4 Å². The molecular weight excluding hydrogens is 398 g/mol. The number of H-pyrrole nitrogens is 1. The lowest BCUT2D eigenvalue weighted by molar-refractivity contribution is 0.102. The quantitative estimate of drug-likeness (QED) is 0.427. The average Bonchev–Trinajstić information content (AvgIpc) is 3.10. The van der Waals surface area contributed by atoms with Crippen molar-refractivity contribution in [2.24, 2.45) is 0 Å². The van der Waals surface area contributed by atoms with Crippen LogP contribution in [0.2, 0.25) is 0 Å². The zero-order valence-electron chi connectivity index (χ0n) is 13.8. The van der Waals surface area contributed by atoms with Gasteiger partial charge in [-0.2, -0.15) is 0 Å². The third-order valence-corrected chi connectivity index (χ3v) is 5.28. The van der Waals surface area contributed by atoms with E-state index in [4.69, 9.17) is 0 Å². The van der Waals surface area contributed by atoms with Crippen molar-refractivity contribution in [1.29, 1.82) is 0 Å². The number of halogens is 1. The van der Waals surface area contributed by atoms with Crippen LogP contribution in [0.5, 0.6) is 0 Å². The Labute approximate surface area is 159 Å². The van der Waals surface area contributed by atoms with Crippen molar-refractivity contribution in [2.75, 3.05) is 5.75 Å². The molecule has 2 aromatic carbocycles. The normalized spacial score (nSPS) is 10.8. The Morgan fingerprint density at radius 1 is 1.16 bits per heavy atom. The van der Waals surface area contributed by atoms with Gasteiger partial charge in [0.1, 0.15) is 0 Å². The third kappa shape index (κ3) is 4.58. The maximum atomic E-state index is 12.3. The fourth-order valence-electron chi connectivity index (χ4n) is 2.44. The summed E-state index contributed by atoms with van der Waals surface area (Å²) in [6.07, 6.45) is 2.14. The van der Waals surface area contributed by atoms with Gasteiger partial charge >= 0.3 is 0 Å². The van der Waals surface area contributed by atoms with E-state index in [1.54, 1.807) is 0 Å². The third-order valence-electron chi connectivity index (χ3n) is 3.74. The molecule has 25 heavy (non-hydrogen) atoms. The van der Waals surface area contributed by atoms with Gasteiger partial charge in [0.2, 0.25) is 5.16 Å². The van der Waals surface area contributed by atoms with Crippen molar-refractivity contribution in [1.82, 2.24) is 15.2 Å². The Kier molecular flexibility index (Phi) is 6.04. The number of benzene rings is 2. The predicted molar refractivity (Wildman–Crippen MR) is 105 cm³/mol. The van der Waals surface area contributed by atoms with Crippen LogP contribution in [0.1, 0.15) is 29.3 Å². The zero-order valence-corrected chi connectivity index (χ0v) is 16.2. The Hall–Kier alpha value is -1.92. The Bertz CT molecular complexity index is 861. The van der Waals surface area contributed by atoms with Crippen LogP contribution in [0.3, 0.4) is 0 Å². The van der Waals surface area contributed by atoms with E-state index in [-0.39, 0.29) is 5.78 Å². The van der Waals surface area contributed by atoms with E-state index in [1.807, 2.05) is 48.5 Å². The van der Waals surface area contributed by atoms with Crippen LogP contribution in [0.15, 0.2) is 58.2 Å². The van der Waals surface area contributed by atoms with E-state index in [0.29, 0.717) is 16.7 Å². The number of Topliss-reactive ketones (excluding diaryl/α,β-unsaturated/α-hetero) is 1. The van der Waals surface area contributed by atoms with Gasteiger partial charge in [-0.1, -0.05) is 83.5 Å². The first-order chi connectivity index (χ1) is 12.2. The molecule has 0 fully saturated rings. The summed E-state index contributed by atoms with van der Waals surface area (Å²) in [7, 11) is 0. The second-order valence-corrected chi connectivity index (χ2v) is 7.40. The minimum Gasteiger partial charge on any atom is -0.293 e. The Morgan fingerprint density at radius 3 is 2.64 bits per heavy atom. The lowest BCUT2D eigenvalue weighted by Crippen LogP contribution is -2.02. The first-order valence-corrected chi connectivity index (χ1v) is 9.87. The van der Waals surface area contributed by atoms with Gasteiger partial charge in [0.05, 0.1) is 5.75 Å². The highest BCUT2D eigenvalue weighted by Crippen LogP contribution is 2.26. The topological polar surface area (TPSA) is 58.6 Å². The maximum Gasteiger partial charge on any atom is 0.209 e. The fraction of sp³-hybridized carbons (Fsp3) is 0.211. The second-order valence-electron chi connectivity index (χ2n) is 5.61. The van der Waals surface area contributed by atoms with Gasteiger partial charge in [-0.25, -0.2) is 4.98 Å². The second kappa shape index (κ2) is 8.45.